The predicted molar refractivity (Wildman–Crippen MR) is 55.8 cm³/mol. The van der Waals surface area contributed by atoms with Gasteiger partial charge in [-0.3, -0.25) is 0 Å². The number of hydrogen-bond acceptors (Lipinski definition) is 1. The van der Waals surface area contributed by atoms with E-state index < -0.39 is 5.97 Å². The molecule has 1 rings (SSSR count). The quantitative estimate of drug-likeness (QED) is 0.672. The van der Waals surface area contributed by atoms with Gasteiger partial charge in [-0.25, -0.2) is 9.18 Å². The normalized spacial score (nSPS) is 10.6. The standard InChI is InChI=1S/C9H6FIO2/c10-7-3-1-6(5-8(7)11)2-4-9(12)13/h1-5H,(H,12,13). The van der Waals surface area contributed by atoms with Crippen LogP contribution >= 0.6 is 22.6 Å². The molecular weight excluding hydrogens is 286 g/mol. The van der Waals surface area contributed by atoms with Crippen molar-refractivity contribution in [2.75, 3.05) is 0 Å². The van der Waals surface area contributed by atoms with Gasteiger partial charge in [0.05, 0.1) is 0 Å². The number of carboxylic acids is 1. The first-order valence-corrected chi connectivity index (χ1v) is 4.53. The van der Waals surface area contributed by atoms with Crippen molar-refractivity contribution >= 4 is 34.6 Å². The third-order valence-electron chi connectivity index (χ3n) is 1.36. The monoisotopic (exact) mass is 292 g/mol. The van der Waals surface area contributed by atoms with E-state index in [-0.39, 0.29) is 5.82 Å². The first kappa shape index (κ1) is 10.2. The maximum absolute atomic E-state index is 12.7. The van der Waals surface area contributed by atoms with Gasteiger partial charge in [-0.15, -0.1) is 0 Å². The average Bonchev–Trinajstić information content (AvgIpc) is 2.07. The van der Waals surface area contributed by atoms with Crippen molar-refractivity contribution in [1.29, 1.82) is 0 Å². The van der Waals surface area contributed by atoms with E-state index in [0.29, 0.717) is 9.13 Å². The van der Waals surface area contributed by atoms with Crippen LogP contribution in [0.15, 0.2) is 24.3 Å². The molecule has 2 nitrogen and oxygen atoms in total. The van der Waals surface area contributed by atoms with E-state index in [9.17, 15) is 9.18 Å². The molecule has 0 aliphatic carbocycles. The van der Waals surface area contributed by atoms with Crippen LogP contribution in [0, 0.1) is 9.39 Å². The lowest BCUT2D eigenvalue weighted by molar-refractivity contribution is -0.131. The van der Waals surface area contributed by atoms with Crippen molar-refractivity contribution in [3.8, 4) is 0 Å². The molecule has 0 amide bonds. The molecule has 0 radical (unpaired) electrons. The summed E-state index contributed by atoms with van der Waals surface area (Å²) in [6, 6.07) is 4.41. The van der Waals surface area contributed by atoms with Crippen LogP contribution in [0.4, 0.5) is 4.39 Å². The number of hydrogen-bond donors (Lipinski definition) is 1. The Morgan fingerprint density at radius 1 is 1.54 bits per heavy atom. The second-order valence-electron chi connectivity index (χ2n) is 2.35. The number of carboxylic acid groups (broad SMARTS) is 1. The molecule has 4 heteroatoms. The highest BCUT2D eigenvalue weighted by atomic mass is 127. The van der Waals surface area contributed by atoms with E-state index in [1.54, 1.807) is 6.07 Å². The summed E-state index contributed by atoms with van der Waals surface area (Å²) in [4.78, 5) is 10.2. The second-order valence-corrected chi connectivity index (χ2v) is 3.51. The molecule has 0 aliphatic rings. The number of carbonyl (C=O) groups is 1. The number of benzene rings is 1. The highest BCUT2D eigenvalue weighted by Crippen LogP contribution is 2.13. The fourth-order valence-electron chi connectivity index (χ4n) is 0.784. The topological polar surface area (TPSA) is 37.3 Å². The largest absolute Gasteiger partial charge is 0.478 e. The molecule has 1 aromatic carbocycles. The lowest BCUT2D eigenvalue weighted by Crippen LogP contribution is -1.87. The van der Waals surface area contributed by atoms with Crippen molar-refractivity contribution in [1.82, 2.24) is 0 Å². The molecule has 0 aliphatic heterocycles. The predicted octanol–water partition coefficient (Wildman–Crippen LogP) is 2.53. The van der Waals surface area contributed by atoms with Gasteiger partial charge < -0.3 is 5.11 Å². The van der Waals surface area contributed by atoms with Gasteiger partial charge in [0.1, 0.15) is 5.82 Å². The molecule has 1 aromatic rings. The Bertz CT molecular complexity index is 361. The van der Waals surface area contributed by atoms with E-state index in [2.05, 4.69) is 0 Å². The van der Waals surface area contributed by atoms with Crippen molar-refractivity contribution in [2.24, 2.45) is 0 Å². The molecule has 0 bridgehead atoms. The van der Waals surface area contributed by atoms with Crippen LogP contribution in [0.25, 0.3) is 6.08 Å². The first-order chi connectivity index (χ1) is 6.09. The Morgan fingerprint density at radius 2 is 2.23 bits per heavy atom. The minimum absolute atomic E-state index is 0.298. The van der Waals surface area contributed by atoms with Crippen LogP contribution in [-0.4, -0.2) is 11.1 Å². The third-order valence-corrected chi connectivity index (χ3v) is 2.19. The first-order valence-electron chi connectivity index (χ1n) is 3.45. The molecule has 1 N–H and O–H groups in total. The zero-order valence-electron chi connectivity index (χ0n) is 6.50. The molecule has 0 heterocycles. The lowest BCUT2D eigenvalue weighted by Gasteiger charge is -1.95. The lowest BCUT2D eigenvalue weighted by atomic mass is 10.2. The molecule has 0 saturated heterocycles. The van der Waals surface area contributed by atoms with Crippen molar-refractivity contribution in [3.63, 3.8) is 0 Å². The molecule has 0 spiro atoms. The SMILES string of the molecule is O=C(O)C=Cc1ccc(F)c(I)c1. The van der Waals surface area contributed by atoms with Crippen LogP contribution in [0.2, 0.25) is 0 Å². The summed E-state index contributed by atoms with van der Waals surface area (Å²) >= 11 is 1.85. The van der Waals surface area contributed by atoms with Crippen molar-refractivity contribution in [2.45, 2.75) is 0 Å². The Hall–Kier alpha value is -0.910. The van der Waals surface area contributed by atoms with E-state index in [1.165, 1.54) is 18.2 Å². The summed E-state index contributed by atoms with van der Waals surface area (Å²) in [5, 5.41) is 8.34. The van der Waals surface area contributed by atoms with Gasteiger partial charge in [-0.2, -0.15) is 0 Å². The molecular formula is C9H6FIO2. The summed E-state index contributed by atoms with van der Waals surface area (Å²) < 4.78 is 13.2. The Labute approximate surface area is 88.2 Å². The molecule has 0 unspecified atom stereocenters. The molecule has 0 atom stereocenters. The Morgan fingerprint density at radius 3 is 2.77 bits per heavy atom. The number of halogens is 2. The molecule has 0 fully saturated rings. The molecule has 0 aromatic heterocycles. The summed E-state index contributed by atoms with van der Waals surface area (Å²) in [6.45, 7) is 0. The maximum Gasteiger partial charge on any atom is 0.328 e. The van der Waals surface area contributed by atoms with Gasteiger partial charge >= 0.3 is 5.97 Å². The number of aliphatic carboxylic acids is 1. The fourth-order valence-corrected chi connectivity index (χ4v) is 1.32. The fraction of sp³-hybridized carbons (Fsp3) is 0. The highest BCUT2D eigenvalue weighted by molar-refractivity contribution is 14.1. The van der Waals surface area contributed by atoms with E-state index >= 15 is 0 Å². The van der Waals surface area contributed by atoms with E-state index in [4.69, 9.17) is 5.11 Å². The van der Waals surface area contributed by atoms with Gasteiger partial charge in [0.2, 0.25) is 0 Å². The van der Waals surface area contributed by atoms with Gasteiger partial charge in [0, 0.05) is 9.65 Å². The van der Waals surface area contributed by atoms with Crippen molar-refractivity contribution < 1.29 is 14.3 Å². The van der Waals surface area contributed by atoms with Gasteiger partial charge in [-0.1, -0.05) is 6.07 Å². The Kier molecular flexibility index (Phi) is 3.41. The molecule has 0 saturated carbocycles. The molecule has 13 heavy (non-hydrogen) atoms. The summed E-state index contributed by atoms with van der Waals surface area (Å²) in [6.07, 6.45) is 2.44. The van der Waals surface area contributed by atoms with Crippen LogP contribution in [0.3, 0.4) is 0 Å². The third kappa shape index (κ3) is 3.14. The van der Waals surface area contributed by atoms with Crippen LogP contribution in [0.5, 0.6) is 0 Å². The Balaban J connectivity index is 2.92. The average molecular weight is 292 g/mol. The van der Waals surface area contributed by atoms with E-state index in [0.717, 1.165) is 6.08 Å². The van der Waals surface area contributed by atoms with Crippen molar-refractivity contribution in [3.05, 3.63) is 39.2 Å². The molecule has 68 valence electrons. The second kappa shape index (κ2) is 4.36. The minimum Gasteiger partial charge on any atom is -0.478 e. The highest BCUT2D eigenvalue weighted by Gasteiger charge is 1.97. The van der Waals surface area contributed by atoms with Crippen LogP contribution in [0.1, 0.15) is 5.56 Å². The zero-order valence-corrected chi connectivity index (χ0v) is 8.66. The summed E-state index contributed by atoms with van der Waals surface area (Å²) in [5.74, 6) is -1.31. The van der Waals surface area contributed by atoms with Crippen LogP contribution < -0.4 is 0 Å². The minimum atomic E-state index is -1.01. The maximum atomic E-state index is 12.7. The zero-order chi connectivity index (χ0) is 9.84. The smallest absolute Gasteiger partial charge is 0.328 e. The van der Waals surface area contributed by atoms with Gasteiger partial charge in [0.15, 0.2) is 0 Å². The summed E-state index contributed by atoms with van der Waals surface area (Å²) in [7, 11) is 0. The van der Waals surface area contributed by atoms with Crippen LogP contribution in [-0.2, 0) is 4.79 Å². The summed E-state index contributed by atoms with van der Waals surface area (Å²) in [5.41, 5.74) is 0.674. The van der Waals surface area contributed by atoms with Gasteiger partial charge in [0.25, 0.3) is 0 Å². The number of rotatable bonds is 2. The van der Waals surface area contributed by atoms with E-state index in [1.807, 2.05) is 22.6 Å². The van der Waals surface area contributed by atoms with Gasteiger partial charge in [-0.05, 0) is 46.4 Å².